The molecular weight excluding hydrogens is 466 g/mol. The number of hydrazine groups is 1. The number of nitrogens with one attached hydrogen (secondary N) is 3. The van der Waals surface area contributed by atoms with Crippen molar-refractivity contribution in [2.45, 2.75) is 59.0 Å². The lowest BCUT2D eigenvalue weighted by Crippen LogP contribution is -2.47. The Balaban J connectivity index is 1.49. The second-order valence-electron chi connectivity index (χ2n) is 10.3. The van der Waals surface area contributed by atoms with Crippen LogP contribution in [0, 0.1) is 0 Å². The molecule has 1 unspecified atom stereocenters. The Kier molecular flexibility index (Phi) is 8.71. The first kappa shape index (κ1) is 27.5. The average Bonchev–Trinajstić information content (AvgIpc) is 2.87. The van der Waals surface area contributed by atoms with Crippen LogP contribution in [-0.4, -0.2) is 23.8 Å². The predicted molar refractivity (Wildman–Crippen MR) is 146 cm³/mol. The summed E-state index contributed by atoms with van der Waals surface area (Å²) in [4.78, 5) is 37.4. The van der Waals surface area contributed by atoms with Gasteiger partial charge in [0, 0.05) is 16.8 Å². The van der Waals surface area contributed by atoms with E-state index >= 15 is 0 Å². The van der Waals surface area contributed by atoms with Crippen molar-refractivity contribution in [3.63, 3.8) is 0 Å². The van der Waals surface area contributed by atoms with Crippen LogP contribution in [0.4, 0.5) is 5.69 Å². The Labute approximate surface area is 218 Å². The molecular formula is C30H35N3O4. The van der Waals surface area contributed by atoms with Crippen LogP contribution in [0.1, 0.15) is 79.3 Å². The van der Waals surface area contributed by atoms with Crippen LogP contribution in [0.2, 0.25) is 0 Å². The molecule has 3 aromatic carbocycles. The summed E-state index contributed by atoms with van der Waals surface area (Å²) in [5, 5.41) is 2.82. The van der Waals surface area contributed by atoms with Crippen molar-refractivity contribution in [3.8, 4) is 5.75 Å². The lowest BCUT2D eigenvalue weighted by molar-refractivity contribution is -0.128. The fourth-order valence-corrected chi connectivity index (χ4v) is 3.51. The normalized spacial score (nSPS) is 12.0. The van der Waals surface area contributed by atoms with Crippen LogP contribution >= 0.6 is 0 Å². The molecule has 0 heterocycles. The van der Waals surface area contributed by atoms with Crippen LogP contribution in [-0.2, 0) is 10.2 Å². The monoisotopic (exact) mass is 501 g/mol. The van der Waals surface area contributed by atoms with Gasteiger partial charge in [-0.2, -0.15) is 0 Å². The lowest BCUT2D eigenvalue weighted by atomic mass is 9.87. The van der Waals surface area contributed by atoms with E-state index in [1.807, 2.05) is 36.4 Å². The molecule has 7 nitrogen and oxygen atoms in total. The lowest BCUT2D eigenvalue weighted by Gasteiger charge is -2.19. The minimum atomic E-state index is -0.805. The van der Waals surface area contributed by atoms with E-state index in [2.05, 4.69) is 50.8 Å². The maximum absolute atomic E-state index is 12.6. The van der Waals surface area contributed by atoms with Gasteiger partial charge in [-0.15, -0.1) is 0 Å². The highest BCUT2D eigenvalue weighted by Gasteiger charge is 2.17. The highest BCUT2D eigenvalue weighted by molar-refractivity contribution is 6.04. The number of anilines is 1. The van der Waals surface area contributed by atoms with Gasteiger partial charge in [-0.05, 0) is 77.9 Å². The number of carbonyl (C=O) groups is 3. The van der Waals surface area contributed by atoms with Crippen molar-refractivity contribution >= 4 is 23.4 Å². The highest BCUT2D eigenvalue weighted by Crippen LogP contribution is 2.23. The van der Waals surface area contributed by atoms with Crippen molar-refractivity contribution in [1.29, 1.82) is 0 Å². The van der Waals surface area contributed by atoms with Crippen molar-refractivity contribution < 1.29 is 19.1 Å². The summed E-state index contributed by atoms with van der Waals surface area (Å²) in [5.41, 5.74) is 8.52. The topological polar surface area (TPSA) is 96.5 Å². The molecule has 7 heteroatoms. The molecule has 1 atom stereocenters. The fourth-order valence-electron chi connectivity index (χ4n) is 3.51. The molecule has 3 aromatic rings. The van der Waals surface area contributed by atoms with E-state index in [9.17, 15) is 14.4 Å². The Hall–Kier alpha value is -4.13. The summed E-state index contributed by atoms with van der Waals surface area (Å²) in [5.74, 6) is -0.236. The number of benzene rings is 3. The smallest absolute Gasteiger partial charge is 0.279 e. The van der Waals surface area contributed by atoms with E-state index in [-0.39, 0.29) is 11.3 Å². The van der Waals surface area contributed by atoms with Gasteiger partial charge in [-0.1, -0.05) is 58.9 Å². The van der Waals surface area contributed by atoms with Crippen LogP contribution in [0.3, 0.4) is 0 Å². The summed E-state index contributed by atoms with van der Waals surface area (Å²) < 4.78 is 5.66. The summed E-state index contributed by atoms with van der Waals surface area (Å²) in [6.07, 6.45) is -0.805. The summed E-state index contributed by atoms with van der Waals surface area (Å²) in [6.45, 7) is 12.2. The Bertz CT molecular complexity index is 1230. The second kappa shape index (κ2) is 11.7. The molecule has 3 rings (SSSR count). The minimum absolute atomic E-state index is 0.00949. The molecule has 0 aliphatic carbocycles. The molecule has 37 heavy (non-hydrogen) atoms. The number of hydrogen-bond acceptors (Lipinski definition) is 4. The van der Waals surface area contributed by atoms with E-state index in [4.69, 9.17) is 4.74 Å². The van der Waals surface area contributed by atoms with Crippen LogP contribution < -0.4 is 20.9 Å². The van der Waals surface area contributed by atoms with E-state index < -0.39 is 17.9 Å². The van der Waals surface area contributed by atoms with Gasteiger partial charge in [0.1, 0.15) is 5.75 Å². The van der Waals surface area contributed by atoms with Gasteiger partial charge < -0.3 is 10.1 Å². The first-order valence-electron chi connectivity index (χ1n) is 12.3. The first-order chi connectivity index (χ1) is 17.4. The molecule has 0 aromatic heterocycles. The van der Waals surface area contributed by atoms with E-state index in [1.54, 1.807) is 43.3 Å². The molecule has 0 bridgehead atoms. The van der Waals surface area contributed by atoms with Gasteiger partial charge >= 0.3 is 0 Å². The number of carbonyl (C=O) groups excluding carboxylic acids is 3. The van der Waals surface area contributed by atoms with E-state index in [0.29, 0.717) is 28.5 Å². The van der Waals surface area contributed by atoms with Gasteiger partial charge in [0.2, 0.25) is 0 Å². The molecule has 194 valence electrons. The van der Waals surface area contributed by atoms with Gasteiger partial charge in [-0.3, -0.25) is 25.2 Å². The van der Waals surface area contributed by atoms with Gasteiger partial charge in [0.25, 0.3) is 17.7 Å². The predicted octanol–water partition coefficient (Wildman–Crippen LogP) is 5.59. The first-order valence-corrected chi connectivity index (χ1v) is 12.3. The van der Waals surface area contributed by atoms with Gasteiger partial charge in [0.05, 0.1) is 0 Å². The van der Waals surface area contributed by atoms with E-state index in [0.717, 1.165) is 5.56 Å². The molecule has 0 saturated heterocycles. The van der Waals surface area contributed by atoms with Crippen LogP contribution in [0.15, 0.2) is 72.8 Å². The number of hydrogen-bond donors (Lipinski definition) is 3. The van der Waals surface area contributed by atoms with Gasteiger partial charge in [-0.25, -0.2) is 0 Å². The number of rotatable bonds is 7. The zero-order chi connectivity index (χ0) is 27.2. The third kappa shape index (κ3) is 7.67. The molecule has 0 saturated carbocycles. The average molecular weight is 502 g/mol. The van der Waals surface area contributed by atoms with Crippen molar-refractivity contribution in [2.24, 2.45) is 0 Å². The Morgan fingerprint density at radius 1 is 0.703 bits per heavy atom. The van der Waals surface area contributed by atoms with Crippen LogP contribution in [0.25, 0.3) is 0 Å². The summed E-state index contributed by atoms with van der Waals surface area (Å²) >= 11 is 0. The highest BCUT2D eigenvalue weighted by atomic mass is 16.5. The molecule has 0 radical (unpaired) electrons. The van der Waals surface area contributed by atoms with Gasteiger partial charge in [0.15, 0.2) is 6.10 Å². The molecule has 3 N–H and O–H groups in total. The maximum Gasteiger partial charge on any atom is 0.279 e. The third-order valence-electron chi connectivity index (χ3n) is 5.95. The zero-order valence-electron chi connectivity index (χ0n) is 22.2. The van der Waals surface area contributed by atoms with Crippen LogP contribution in [0.5, 0.6) is 5.75 Å². The molecule has 0 aliphatic rings. The zero-order valence-corrected chi connectivity index (χ0v) is 22.2. The summed E-state index contributed by atoms with van der Waals surface area (Å²) in [6, 6.07) is 21.4. The number of amides is 3. The Morgan fingerprint density at radius 2 is 1.24 bits per heavy atom. The third-order valence-corrected chi connectivity index (χ3v) is 5.95. The molecule has 3 amide bonds. The summed E-state index contributed by atoms with van der Waals surface area (Å²) in [7, 11) is 0. The van der Waals surface area contributed by atoms with Crippen molar-refractivity contribution in [1.82, 2.24) is 10.9 Å². The Morgan fingerprint density at radius 3 is 1.78 bits per heavy atom. The van der Waals surface area contributed by atoms with E-state index in [1.165, 1.54) is 5.56 Å². The second-order valence-corrected chi connectivity index (χ2v) is 10.3. The molecule has 0 spiro atoms. The maximum atomic E-state index is 12.6. The largest absolute Gasteiger partial charge is 0.481 e. The molecule has 0 fully saturated rings. The SMILES string of the molecule is CC(Oc1ccc(C(C)C)cc1)C(=O)NNC(=O)c1ccc(NC(=O)c2ccc(C(C)(C)C)cc2)cc1. The minimum Gasteiger partial charge on any atom is -0.481 e. The fraction of sp³-hybridized carbons (Fsp3) is 0.300. The molecule has 0 aliphatic heterocycles. The van der Waals surface area contributed by atoms with Crippen molar-refractivity contribution in [3.05, 3.63) is 95.1 Å². The standard InChI is InChI=1S/C30H35N3O4/c1-19(2)21-11-17-26(18-12-21)37-20(3)27(34)32-33-29(36)23-9-15-25(16-10-23)31-28(35)22-7-13-24(14-8-22)30(4,5)6/h7-20H,1-6H3,(H,31,35)(H,32,34)(H,33,36). The van der Waals surface area contributed by atoms with Crippen molar-refractivity contribution in [2.75, 3.05) is 5.32 Å². The quantitative estimate of drug-likeness (QED) is 0.368. The number of ether oxygens (including phenoxy) is 1.